The summed E-state index contributed by atoms with van der Waals surface area (Å²) in [7, 11) is 0. The van der Waals surface area contributed by atoms with Gasteiger partial charge < -0.3 is 10.5 Å². The molecule has 2 nitrogen and oxygen atoms in total. The van der Waals surface area contributed by atoms with Crippen LogP contribution in [0.4, 0.5) is 0 Å². The van der Waals surface area contributed by atoms with Crippen molar-refractivity contribution in [2.45, 2.75) is 37.8 Å². The van der Waals surface area contributed by atoms with Gasteiger partial charge in [-0.3, -0.25) is 0 Å². The Morgan fingerprint density at radius 1 is 1.20 bits per heavy atom. The van der Waals surface area contributed by atoms with Gasteiger partial charge in [-0.25, -0.2) is 0 Å². The molecule has 2 heteroatoms. The zero-order valence-electron chi connectivity index (χ0n) is 6.25. The molecule has 1 aliphatic carbocycles. The van der Waals surface area contributed by atoms with Crippen LogP contribution < -0.4 is 5.73 Å². The third-order valence-electron chi connectivity index (χ3n) is 2.81. The van der Waals surface area contributed by atoms with Gasteiger partial charge in [-0.2, -0.15) is 0 Å². The topological polar surface area (TPSA) is 35.2 Å². The third kappa shape index (κ3) is 0.956. The Morgan fingerprint density at radius 2 is 2.00 bits per heavy atom. The van der Waals surface area contributed by atoms with Gasteiger partial charge in [0.25, 0.3) is 0 Å². The van der Waals surface area contributed by atoms with Gasteiger partial charge in [0, 0.05) is 12.0 Å². The highest BCUT2D eigenvalue weighted by Crippen LogP contribution is 2.33. The van der Waals surface area contributed by atoms with E-state index in [-0.39, 0.29) is 0 Å². The van der Waals surface area contributed by atoms with E-state index in [4.69, 9.17) is 10.5 Å². The lowest BCUT2D eigenvalue weighted by Crippen LogP contribution is -2.33. The highest BCUT2D eigenvalue weighted by molar-refractivity contribution is 4.88. The van der Waals surface area contributed by atoms with Crippen LogP contribution >= 0.6 is 0 Å². The third-order valence-corrected chi connectivity index (χ3v) is 2.81. The van der Waals surface area contributed by atoms with Crippen LogP contribution in [0, 0.1) is 5.92 Å². The summed E-state index contributed by atoms with van der Waals surface area (Å²) in [5.74, 6) is 0.689. The van der Waals surface area contributed by atoms with Crippen molar-refractivity contribution in [1.82, 2.24) is 0 Å². The zero-order valence-corrected chi connectivity index (χ0v) is 6.25. The van der Waals surface area contributed by atoms with Gasteiger partial charge in [-0.1, -0.05) is 12.8 Å². The Hall–Kier alpha value is -0.0800. The fraction of sp³-hybridized carbons (Fsp3) is 1.00. The maximum absolute atomic E-state index is 5.86. The molecule has 3 atom stereocenters. The number of ether oxygens (including phenoxy) is 1. The van der Waals surface area contributed by atoms with Crippen molar-refractivity contribution in [2.24, 2.45) is 11.7 Å². The lowest BCUT2D eigenvalue weighted by molar-refractivity contribution is 0.0663. The van der Waals surface area contributed by atoms with E-state index in [0.717, 1.165) is 6.61 Å². The first-order chi connectivity index (χ1) is 4.88. The smallest absolute Gasteiger partial charge is 0.0625 e. The lowest BCUT2D eigenvalue weighted by Gasteiger charge is -2.25. The molecular formula is C8H15NO. The van der Waals surface area contributed by atoms with Crippen LogP contribution in [0.3, 0.4) is 0 Å². The van der Waals surface area contributed by atoms with E-state index in [1.165, 1.54) is 25.7 Å². The molecule has 10 heavy (non-hydrogen) atoms. The van der Waals surface area contributed by atoms with Gasteiger partial charge in [0.2, 0.25) is 0 Å². The van der Waals surface area contributed by atoms with Gasteiger partial charge in [0.15, 0.2) is 0 Å². The highest BCUT2D eigenvalue weighted by atomic mass is 16.5. The molecule has 1 saturated carbocycles. The largest absolute Gasteiger partial charge is 0.376 e. The van der Waals surface area contributed by atoms with Crippen LogP contribution in [0.15, 0.2) is 0 Å². The minimum absolute atomic E-state index is 0.338. The quantitative estimate of drug-likeness (QED) is 0.544. The Morgan fingerprint density at radius 3 is 2.80 bits per heavy atom. The molecule has 1 aliphatic heterocycles. The van der Waals surface area contributed by atoms with E-state index in [1.807, 2.05) is 0 Å². The molecule has 1 heterocycles. The highest BCUT2D eigenvalue weighted by Gasteiger charge is 2.36. The van der Waals surface area contributed by atoms with E-state index >= 15 is 0 Å². The summed E-state index contributed by atoms with van der Waals surface area (Å²) in [4.78, 5) is 0. The molecule has 0 radical (unpaired) electrons. The summed E-state index contributed by atoms with van der Waals surface area (Å²) in [5, 5.41) is 0. The Labute approximate surface area is 61.7 Å². The molecule has 2 aliphatic rings. The van der Waals surface area contributed by atoms with E-state index in [0.29, 0.717) is 18.1 Å². The van der Waals surface area contributed by atoms with Gasteiger partial charge in [0.1, 0.15) is 0 Å². The number of rotatable bonds is 0. The summed E-state index contributed by atoms with van der Waals surface area (Å²) in [6, 6.07) is 0.338. The van der Waals surface area contributed by atoms with E-state index in [2.05, 4.69) is 0 Å². The van der Waals surface area contributed by atoms with Gasteiger partial charge in [-0.05, 0) is 12.8 Å². The molecule has 0 aromatic carbocycles. The second-order valence-electron chi connectivity index (χ2n) is 3.48. The van der Waals surface area contributed by atoms with Crippen LogP contribution in [0.25, 0.3) is 0 Å². The summed E-state index contributed by atoms with van der Waals surface area (Å²) in [6.45, 7) is 0.801. The van der Waals surface area contributed by atoms with Crippen molar-refractivity contribution in [3.8, 4) is 0 Å². The van der Waals surface area contributed by atoms with Gasteiger partial charge in [-0.15, -0.1) is 0 Å². The number of hydrogen-bond acceptors (Lipinski definition) is 2. The van der Waals surface area contributed by atoms with Crippen molar-refractivity contribution in [3.63, 3.8) is 0 Å². The predicted molar refractivity (Wildman–Crippen MR) is 39.7 cm³/mol. The Balaban J connectivity index is 2.01. The van der Waals surface area contributed by atoms with E-state index in [1.54, 1.807) is 0 Å². The monoisotopic (exact) mass is 141 g/mol. The average Bonchev–Trinajstić information content (AvgIpc) is 2.34. The molecule has 0 aromatic rings. The lowest BCUT2D eigenvalue weighted by atomic mass is 9.84. The summed E-state index contributed by atoms with van der Waals surface area (Å²) < 4.78 is 5.54. The van der Waals surface area contributed by atoms with Gasteiger partial charge >= 0.3 is 0 Å². The van der Waals surface area contributed by atoms with Crippen molar-refractivity contribution in [1.29, 1.82) is 0 Å². The first kappa shape index (κ1) is 6.62. The fourth-order valence-corrected chi connectivity index (χ4v) is 2.18. The minimum Gasteiger partial charge on any atom is -0.376 e. The summed E-state index contributed by atoms with van der Waals surface area (Å²) >= 11 is 0. The summed E-state index contributed by atoms with van der Waals surface area (Å²) in [6.07, 6.45) is 5.76. The minimum atomic E-state index is 0.338. The molecule has 0 spiro atoms. The standard InChI is InChI=1S/C8H15NO/c9-7-5-10-8-4-2-1-3-6(7)8/h6-8H,1-5,9H2/t6-,7+,8-/m0/s1. The SMILES string of the molecule is N[C@@H]1CO[C@H]2CCCC[C@@H]12. The molecule has 0 unspecified atom stereocenters. The Kier molecular flexibility index (Phi) is 1.66. The van der Waals surface area contributed by atoms with Crippen molar-refractivity contribution < 1.29 is 4.74 Å². The second-order valence-corrected chi connectivity index (χ2v) is 3.48. The molecule has 0 amide bonds. The van der Waals surface area contributed by atoms with E-state index < -0.39 is 0 Å². The van der Waals surface area contributed by atoms with Crippen molar-refractivity contribution >= 4 is 0 Å². The molecule has 58 valence electrons. The first-order valence-corrected chi connectivity index (χ1v) is 4.25. The molecule has 2 rings (SSSR count). The predicted octanol–water partition coefficient (Wildman–Crippen LogP) is 0.903. The molecule has 0 bridgehead atoms. The van der Waals surface area contributed by atoms with E-state index in [9.17, 15) is 0 Å². The molecule has 0 aromatic heterocycles. The molecule has 2 N–H and O–H groups in total. The van der Waals surface area contributed by atoms with Gasteiger partial charge in [0.05, 0.1) is 12.7 Å². The van der Waals surface area contributed by atoms with Crippen LogP contribution in [0.5, 0.6) is 0 Å². The molecule has 1 saturated heterocycles. The second kappa shape index (κ2) is 2.51. The Bertz CT molecular complexity index is 124. The molecule has 2 fully saturated rings. The summed E-state index contributed by atoms with van der Waals surface area (Å²) in [5.41, 5.74) is 5.86. The normalized spacial score (nSPS) is 47.1. The first-order valence-electron chi connectivity index (χ1n) is 4.25. The zero-order chi connectivity index (χ0) is 6.97. The number of fused-ring (bicyclic) bond motifs is 1. The van der Waals surface area contributed by atoms with Crippen LogP contribution in [0.1, 0.15) is 25.7 Å². The van der Waals surface area contributed by atoms with Crippen LogP contribution in [0.2, 0.25) is 0 Å². The van der Waals surface area contributed by atoms with Crippen molar-refractivity contribution in [2.75, 3.05) is 6.61 Å². The maximum atomic E-state index is 5.86. The molecular weight excluding hydrogens is 126 g/mol. The van der Waals surface area contributed by atoms with Crippen molar-refractivity contribution in [3.05, 3.63) is 0 Å². The van der Waals surface area contributed by atoms with Crippen LogP contribution in [-0.4, -0.2) is 18.8 Å². The number of hydrogen-bond donors (Lipinski definition) is 1. The van der Waals surface area contributed by atoms with Crippen LogP contribution in [-0.2, 0) is 4.74 Å². The fourth-order valence-electron chi connectivity index (χ4n) is 2.18. The number of nitrogens with two attached hydrogens (primary N) is 1. The average molecular weight is 141 g/mol. The maximum Gasteiger partial charge on any atom is 0.0625 e.